The molecule has 3 nitrogen and oxygen atoms in total. The molecule has 0 radical (unpaired) electrons. The van der Waals surface area contributed by atoms with E-state index in [0.717, 1.165) is 12.0 Å². The van der Waals surface area contributed by atoms with Crippen LogP contribution in [-0.2, 0) is 15.3 Å². The molecule has 2 aliphatic rings. The molecule has 1 amide bonds. The minimum Gasteiger partial charge on any atom is -0.349 e. The second-order valence-electron chi connectivity index (χ2n) is 5.54. The first-order valence-corrected chi connectivity index (χ1v) is 6.67. The fourth-order valence-electron chi connectivity index (χ4n) is 3.17. The molecule has 96 valence electrons. The van der Waals surface area contributed by atoms with Crippen LogP contribution in [0.3, 0.4) is 0 Å². The van der Waals surface area contributed by atoms with Crippen LogP contribution in [0.2, 0.25) is 0 Å². The predicted molar refractivity (Wildman–Crippen MR) is 68.8 cm³/mol. The van der Waals surface area contributed by atoms with Gasteiger partial charge >= 0.3 is 0 Å². The highest BCUT2D eigenvalue weighted by Crippen LogP contribution is 2.47. The lowest BCUT2D eigenvalue weighted by Crippen LogP contribution is -2.45. The molecule has 0 aromatic heterocycles. The zero-order chi connectivity index (χ0) is 12.8. The summed E-state index contributed by atoms with van der Waals surface area (Å²) in [4.78, 5) is 14.2. The zero-order valence-corrected chi connectivity index (χ0v) is 10.9. The van der Waals surface area contributed by atoms with E-state index in [9.17, 15) is 4.79 Å². The smallest absolute Gasteiger partial charge is 0.225 e. The maximum Gasteiger partial charge on any atom is 0.225 e. The van der Waals surface area contributed by atoms with Crippen LogP contribution >= 0.6 is 0 Å². The SMILES string of the molecule is CC(C)[C@H]1CO[C@]2(c3ccccc3)CCC(=O)N12. The van der Waals surface area contributed by atoms with Crippen molar-refractivity contribution < 1.29 is 9.53 Å². The molecule has 0 aliphatic carbocycles. The van der Waals surface area contributed by atoms with E-state index in [-0.39, 0.29) is 11.9 Å². The monoisotopic (exact) mass is 245 g/mol. The molecule has 0 spiro atoms. The predicted octanol–water partition coefficient (Wildman–Crippen LogP) is 2.52. The van der Waals surface area contributed by atoms with Crippen molar-refractivity contribution >= 4 is 5.91 Å². The molecule has 2 saturated heterocycles. The van der Waals surface area contributed by atoms with E-state index in [2.05, 4.69) is 26.0 Å². The van der Waals surface area contributed by atoms with Crippen molar-refractivity contribution in [3.63, 3.8) is 0 Å². The molecule has 18 heavy (non-hydrogen) atoms. The first-order valence-electron chi connectivity index (χ1n) is 6.67. The number of fused-ring (bicyclic) bond motifs is 1. The molecular formula is C15H19NO2. The highest BCUT2D eigenvalue weighted by atomic mass is 16.5. The van der Waals surface area contributed by atoms with Gasteiger partial charge in [-0.25, -0.2) is 0 Å². The van der Waals surface area contributed by atoms with Crippen LogP contribution in [-0.4, -0.2) is 23.5 Å². The lowest BCUT2D eigenvalue weighted by molar-refractivity contribution is -0.140. The van der Waals surface area contributed by atoms with Gasteiger partial charge in [0.2, 0.25) is 5.91 Å². The van der Waals surface area contributed by atoms with Gasteiger partial charge in [-0.05, 0) is 5.92 Å². The van der Waals surface area contributed by atoms with E-state index in [0.29, 0.717) is 18.9 Å². The number of rotatable bonds is 2. The van der Waals surface area contributed by atoms with Gasteiger partial charge in [0, 0.05) is 18.4 Å². The van der Waals surface area contributed by atoms with Crippen LogP contribution < -0.4 is 0 Å². The minimum absolute atomic E-state index is 0.209. The van der Waals surface area contributed by atoms with Crippen molar-refractivity contribution in [3.05, 3.63) is 35.9 Å². The van der Waals surface area contributed by atoms with Gasteiger partial charge in [-0.1, -0.05) is 44.2 Å². The van der Waals surface area contributed by atoms with Crippen LogP contribution in [0.15, 0.2) is 30.3 Å². The quantitative estimate of drug-likeness (QED) is 0.801. The van der Waals surface area contributed by atoms with Crippen molar-refractivity contribution in [2.75, 3.05) is 6.61 Å². The Labute approximate surface area is 108 Å². The molecule has 0 unspecified atom stereocenters. The molecular weight excluding hydrogens is 226 g/mol. The second kappa shape index (κ2) is 4.09. The van der Waals surface area contributed by atoms with Gasteiger partial charge in [0.25, 0.3) is 0 Å². The minimum atomic E-state index is -0.493. The lowest BCUT2D eigenvalue weighted by Gasteiger charge is -2.34. The third kappa shape index (κ3) is 1.50. The number of hydrogen-bond acceptors (Lipinski definition) is 2. The summed E-state index contributed by atoms with van der Waals surface area (Å²) in [5, 5.41) is 0. The average molecular weight is 245 g/mol. The van der Waals surface area contributed by atoms with Crippen LogP contribution in [0.25, 0.3) is 0 Å². The summed E-state index contributed by atoms with van der Waals surface area (Å²) < 4.78 is 6.10. The summed E-state index contributed by atoms with van der Waals surface area (Å²) in [7, 11) is 0. The molecule has 1 aromatic carbocycles. The van der Waals surface area contributed by atoms with Gasteiger partial charge in [-0.2, -0.15) is 0 Å². The summed E-state index contributed by atoms with van der Waals surface area (Å²) >= 11 is 0. The maximum absolute atomic E-state index is 12.2. The van der Waals surface area contributed by atoms with Gasteiger partial charge in [0.1, 0.15) is 0 Å². The van der Waals surface area contributed by atoms with Crippen LogP contribution in [0, 0.1) is 5.92 Å². The van der Waals surface area contributed by atoms with E-state index in [1.165, 1.54) is 0 Å². The fourth-order valence-corrected chi connectivity index (χ4v) is 3.17. The number of nitrogens with zero attached hydrogens (tertiary/aromatic N) is 1. The largest absolute Gasteiger partial charge is 0.349 e. The highest BCUT2D eigenvalue weighted by molar-refractivity contribution is 5.80. The van der Waals surface area contributed by atoms with Crippen molar-refractivity contribution in [1.29, 1.82) is 0 Å². The summed E-state index contributed by atoms with van der Waals surface area (Å²) in [5.41, 5.74) is 0.617. The summed E-state index contributed by atoms with van der Waals surface area (Å²) in [5.74, 6) is 0.660. The van der Waals surface area contributed by atoms with E-state index >= 15 is 0 Å². The molecule has 2 fully saturated rings. The number of benzene rings is 1. The Balaban J connectivity index is 2.04. The fraction of sp³-hybridized carbons (Fsp3) is 0.533. The number of carbonyl (C=O) groups is 1. The van der Waals surface area contributed by atoms with Crippen LogP contribution in [0.1, 0.15) is 32.3 Å². The van der Waals surface area contributed by atoms with E-state index in [1.54, 1.807) is 0 Å². The second-order valence-corrected chi connectivity index (χ2v) is 5.54. The molecule has 0 bridgehead atoms. The molecule has 0 saturated carbocycles. The van der Waals surface area contributed by atoms with E-state index in [4.69, 9.17) is 4.74 Å². The molecule has 0 N–H and O–H groups in total. The molecule has 2 atom stereocenters. The topological polar surface area (TPSA) is 29.5 Å². The van der Waals surface area contributed by atoms with Crippen LogP contribution in [0.4, 0.5) is 0 Å². The maximum atomic E-state index is 12.2. The summed E-state index contributed by atoms with van der Waals surface area (Å²) in [6.45, 7) is 4.96. The Kier molecular flexibility index (Phi) is 2.67. The Morgan fingerprint density at radius 2 is 2.06 bits per heavy atom. The average Bonchev–Trinajstić information content (AvgIpc) is 2.91. The number of hydrogen-bond donors (Lipinski definition) is 0. The van der Waals surface area contributed by atoms with Gasteiger partial charge in [-0.15, -0.1) is 0 Å². The first kappa shape index (κ1) is 11.7. The highest BCUT2D eigenvalue weighted by Gasteiger charge is 2.55. The van der Waals surface area contributed by atoms with Crippen molar-refractivity contribution in [3.8, 4) is 0 Å². The van der Waals surface area contributed by atoms with Gasteiger partial charge in [0.15, 0.2) is 5.72 Å². The van der Waals surface area contributed by atoms with Crippen molar-refractivity contribution in [2.45, 2.75) is 38.5 Å². The summed E-state index contributed by atoms with van der Waals surface area (Å²) in [6, 6.07) is 10.4. The van der Waals surface area contributed by atoms with E-state index in [1.807, 2.05) is 23.1 Å². The Hall–Kier alpha value is -1.35. The molecule has 2 aliphatic heterocycles. The summed E-state index contributed by atoms with van der Waals surface area (Å²) in [6.07, 6.45) is 1.37. The number of carbonyl (C=O) groups excluding carboxylic acids is 1. The van der Waals surface area contributed by atoms with Gasteiger partial charge in [-0.3, -0.25) is 4.79 Å². The third-order valence-electron chi connectivity index (χ3n) is 4.15. The standard InChI is InChI=1S/C15H19NO2/c1-11(2)13-10-18-15(9-8-14(17)16(13)15)12-6-4-3-5-7-12/h3-7,11,13H,8-10H2,1-2H3/t13-,15+/m1/s1. The molecule has 3 rings (SSSR count). The Morgan fingerprint density at radius 1 is 1.33 bits per heavy atom. The molecule has 2 heterocycles. The van der Waals surface area contributed by atoms with Crippen molar-refractivity contribution in [1.82, 2.24) is 4.90 Å². The molecule has 1 aromatic rings. The third-order valence-corrected chi connectivity index (χ3v) is 4.15. The molecule has 3 heteroatoms. The number of amides is 1. The Morgan fingerprint density at radius 3 is 2.72 bits per heavy atom. The lowest BCUT2D eigenvalue weighted by atomic mass is 9.98. The number of ether oxygens (including phenoxy) is 1. The Bertz CT molecular complexity index is 457. The normalized spacial score (nSPS) is 31.2. The van der Waals surface area contributed by atoms with Gasteiger partial charge in [0.05, 0.1) is 12.6 Å². The first-order chi connectivity index (χ1) is 8.65. The van der Waals surface area contributed by atoms with Crippen molar-refractivity contribution in [2.24, 2.45) is 5.92 Å². The van der Waals surface area contributed by atoms with Crippen LogP contribution in [0.5, 0.6) is 0 Å². The van der Waals surface area contributed by atoms with Gasteiger partial charge < -0.3 is 9.64 Å². The van der Waals surface area contributed by atoms with E-state index < -0.39 is 5.72 Å². The zero-order valence-electron chi connectivity index (χ0n) is 10.9.